The minimum absolute atomic E-state index is 0.691. The summed E-state index contributed by atoms with van der Waals surface area (Å²) in [5.41, 5.74) is 1.22. The number of benzene rings is 1. The topological polar surface area (TPSA) is 40.9 Å². The first-order valence-corrected chi connectivity index (χ1v) is 9.61. The molecule has 5 nitrogen and oxygen atoms in total. The number of nitrogens with zero attached hydrogens (tertiary/aromatic N) is 2. The minimum Gasteiger partial charge on any atom is -0.467 e. The molecule has 0 spiro atoms. The first-order valence-electron chi connectivity index (χ1n) is 9.20. The van der Waals surface area contributed by atoms with Gasteiger partial charge >= 0.3 is 0 Å². The van der Waals surface area contributed by atoms with Gasteiger partial charge in [-0.25, -0.2) is 0 Å². The van der Waals surface area contributed by atoms with Crippen LogP contribution in [0.3, 0.4) is 0 Å². The Hall–Kier alpha value is -1.89. The highest BCUT2D eigenvalue weighted by atomic mass is 32.1. The van der Waals surface area contributed by atoms with Crippen molar-refractivity contribution in [3.05, 3.63) is 60.1 Å². The molecule has 1 fully saturated rings. The van der Waals surface area contributed by atoms with Crippen molar-refractivity contribution in [1.29, 1.82) is 0 Å². The highest BCUT2D eigenvalue weighted by Gasteiger charge is 2.14. The van der Waals surface area contributed by atoms with Crippen molar-refractivity contribution >= 4 is 17.3 Å². The third-order valence-corrected chi connectivity index (χ3v) is 4.91. The summed E-state index contributed by atoms with van der Waals surface area (Å²) in [5.74, 6) is 0.931. The Bertz CT molecular complexity index is 642. The fraction of sp³-hybridized carbons (Fsp3) is 0.450. The molecule has 26 heavy (non-hydrogen) atoms. The second-order valence-electron chi connectivity index (χ2n) is 6.45. The Morgan fingerprint density at radius 3 is 2.65 bits per heavy atom. The van der Waals surface area contributed by atoms with E-state index in [4.69, 9.17) is 21.4 Å². The van der Waals surface area contributed by atoms with Gasteiger partial charge in [-0.05, 0) is 36.3 Å². The number of rotatable bonds is 8. The van der Waals surface area contributed by atoms with Gasteiger partial charge in [-0.1, -0.05) is 30.3 Å². The fourth-order valence-corrected chi connectivity index (χ4v) is 3.27. The van der Waals surface area contributed by atoms with Crippen LogP contribution in [0.15, 0.2) is 53.1 Å². The fourth-order valence-electron chi connectivity index (χ4n) is 3.04. The molecule has 1 N–H and O–H groups in total. The van der Waals surface area contributed by atoms with Crippen LogP contribution in [0, 0.1) is 0 Å². The molecule has 1 aromatic carbocycles. The summed E-state index contributed by atoms with van der Waals surface area (Å²) in [5, 5.41) is 4.15. The summed E-state index contributed by atoms with van der Waals surface area (Å²) in [6.45, 7) is 7.12. The molecule has 1 aliphatic rings. The Labute approximate surface area is 160 Å². The van der Waals surface area contributed by atoms with E-state index >= 15 is 0 Å². The maximum absolute atomic E-state index is 5.66. The van der Waals surface area contributed by atoms with Crippen LogP contribution in [0.25, 0.3) is 0 Å². The lowest BCUT2D eigenvalue weighted by Gasteiger charge is -2.29. The summed E-state index contributed by atoms with van der Waals surface area (Å²) in [4.78, 5) is 4.65. The second kappa shape index (κ2) is 10.3. The van der Waals surface area contributed by atoms with Crippen LogP contribution in [0.2, 0.25) is 0 Å². The SMILES string of the molecule is S=C(NCc1ccccc1)N(CCCN1CCOCC1)Cc1ccco1. The van der Waals surface area contributed by atoms with Gasteiger partial charge in [0.05, 0.1) is 26.0 Å². The monoisotopic (exact) mass is 373 g/mol. The summed E-state index contributed by atoms with van der Waals surface area (Å²) in [7, 11) is 0. The molecule has 140 valence electrons. The van der Waals surface area contributed by atoms with Crippen molar-refractivity contribution in [3.8, 4) is 0 Å². The first-order chi connectivity index (χ1) is 12.8. The third-order valence-electron chi connectivity index (χ3n) is 4.51. The van der Waals surface area contributed by atoms with Crippen LogP contribution in [-0.4, -0.2) is 54.3 Å². The van der Waals surface area contributed by atoms with Crippen LogP contribution >= 0.6 is 12.2 Å². The van der Waals surface area contributed by atoms with E-state index in [9.17, 15) is 0 Å². The normalized spacial score (nSPS) is 14.9. The summed E-state index contributed by atoms with van der Waals surface area (Å²) >= 11 is 5.66. The van der Waals surface area contributed by atoms with Crippen molar-refractivity contribution in [1.82, 2.24) is 15.1 Å². The van der Waals surface area contributed by atoms with Crippen LogP contribution in [0.4, 0.5) is 0 Å². The number of ether oxygens (including phenoxy) is 1. The van der Waals surface area contributed by atoms with Gasteiger partial charge in [0.25, 0.3) is 0 Å². The molecule has 3 rings (SSSR count). The zero-order valence-electron chi connectivity index (χ0n) is 15.1. The zero-order valence-corrected chi connectivity index (χ0v) is 15.9. The number of furan rings is 1. The lowest BCUT2D eigenvalue weighted by Crippen LogP contribution is -2.41. The zero-order chi connectivity index (χ0) is 18.0. The van der Waals surface area contributed by atoms with E-state index in [1.165, 1.54) is 5.56 Å². The Morgan fingerprint density at radius 1 is 1.12 bits per heavy atom. The molecule has 1 aliphatic heterocycles. The van der Waals surface area contributed by atoms with Crippen LogP contribution in [0.1, 0.15) is 17.7 Å². The molecule has 0 amide bonds. The van der Waals surface area contributed by atoms with Gasteiger partial charge in [0.15, 0.2) is 5.11 Å². The highest BCUT2D eigenvalue weighted by Crippen LogP contribution is 2.08. The Balaban J connectivity index is 1.50. The van der Waals surface area contributed by atoms with Gasteiger partial charge in [0.1, 0.15) is 5.76 Å². The first kappa shape index (κ1) is 18.9. The molecule has 2 aromatic rings. The van der Waals surface area contributed by atoms with E-state index in [2.05, 4.69) is 27.2 Å². The van der Waals surface area contributed by atoms with E-state index in [-0.39, 0.29) is 0 Å². The molecule has 1 saturated heterocycles. The van der Waals surface area contributed by atoms with Crippen LogP contribution < -0.4 is 5.32 Å². The number of thiocarbonyl (C=S) groups is 1. The van der Waals surface area contributed by atoms with Crippen molar-refractivity contribution in [2.24, 2.45) is 0 Å². The summed E-state index contributed by atoms with van der Waals surface area (Å²) < 4.78 is 10.9. The van der Waals surface area contributed by atoms with Gasteiger partial charge in [0, 0.05) is 32.7 Å². The van der Waals surface area contributed by atoms with Gasteiger partial charge in [-0.3, -0.25) is 4.90 Å². The van der Waals surface area contributed by atoms with E-state index < -0.39 is 0 Å². The van der Waals surface area contributed by atoms with Crippen molar-refractivity contribution in [2.75, 3.05) is 39.4 Å². The molecule has 0 radical (unpaired) electrons. The average Bonchev–Trinajstić information content (AvgIpc) is 3.20. The molecule has 1 aromatic heterocycles. The van der Waals surface area contributed by atoms with Gasteiger partial charge < -0.3 is 19.4 Å². The highest BCUT2D eigenvalue weighted by molar-refractivity contribution is 7.80. The molecule has 0 bridgehead atoms. The second-order valence-corrected chi connectivity index (χ2v) is 6.84. The van der Waals surface area contributed by atoms with Crippen LogP contribution in [0.5, 0.6) is 0 Å². The predicted molar refractivity (Wildman–Crippen MR) is 107 cm³/mol. The molecule has 2 heterocycles. The van der Waals surface area contributed by atoms with E-state index in [1.807, 2.05) is 30.3 Å². The quantitative estimate of drug-likeness (QED) is 0.718. The van der Waals surface area contributed by atoms with Gasteiger partial charge in [-0.15, -0.1) is 0 Å². The largest absolute Gasteiger partial charge is 0.467 e. The standard InChI is InChI=1S/C20H27N3O2S/c26-20(21-16-18-6-2-1-3-7-18)23(17-19-8-4-13-25-19)10-5-9-22-11-14-24-15-12-22/h1-4,6-8,13H,5,9-12,14-17H2,(H,21,26). The number of nitrogens with one attached hydrogen (secondary N) is 1. The third kappa shape index (κ3) is 6.12. The van der Waals surface area contributed by atoms with Gasteiger partial charge in [-0.2, -0.15) is 0 Å². The van der Waals surface area contributed by atoms with Crippen LogP contribution in [-0.2, 0) is 17.8 Å². The smallest absolute Gasteiger partial charge is 0.169 e. The lowest BCUT2D eigenvalue weighted by atomic mass is 10.2. The average molecular weight is 374 g/mol. The molecule has 0 unspecified atom stereocenters. The Kier molecular flexibility index (Phi) is 7.49. The maximum atomic E-state index is 5.66. The molecule has 0 aliphatic carbocycles. The van der Waals surface area contributed by atoms with E-state index in [0.717, 1.165) is 63.2 Å². The number of hydrogen-bond acceptors (Lipinski definition) is 4. The Morgan fingerprint density at radius 2 is 1.92 bits per heavy atom. The summed E-state index contributed by atoms with van der Waals surface area (Å²) in [6, 6.07) is 14.2. The lowest BCUT2D eigenvalue weighted by molar-refractivity contribution is 0.0367. The number of morpholine rings is 1. The summed E-state index contributed by atoms with van der Waals surface area (Å²) in [6.07, 6.45) is 2.77. The van der Waals surface area contributed by atoms with Crippen molar-refractivity contribution < 1.29 is 9.15 Å². The van der Waals surface area contributed by atoms with Gasteiger partial charge in [0.2, 0.25) is 0 Å². The van der Waals surface area contributed by atoms with Crippen molar-refractivity contribution in [2.45, 2.75) is 19.5 Å². The van der Waals surface area contributed by atoms with Crippen molar-refractivity contribution in [3.63, 3.8) is 0 Å². The molecular weight excluding hydrogens is 346 g/mol. The van der Waals surface area contributed by atoms with E-state index in [0.29, 0.717) is 6.54 Å². The maximum Gasteiger partial charge on any atom is 0.169 e. The number of hydrogen-bond donors (Lipinski definition) is 1. The molecular formula is C20H27N3O2S. The van der Waals surface area contributed by atoms with E-state index in [1.54, 1.807) is 6.26 Å². The predicted octanol–water partition coefficient (Wildman–Crippen LogP) is 2.88. The molecule has 6 heteroatoms. The molecule has 0 atom stereocenters. The molecule has 0 saturated carbocycles. The minimum atomic E-state index is 0.691.